The van der Waals surface area contributed by atoms with Gasteiger partial charge >= 0.3 is 0 Å². The van der Waals surface area contributed by atoms with Crippen molar-refractivity contribution in [3.05, 3.63) is 27.7 Å². The molecular weight excluding hydrogens is 251 g/mol. The van der Waals surface area contributed by atoms with Crippen molar-refractivity contribution in [3.63, 3.8) is 0 Å². The molecule has 3 N–H and O–H groups in total. The Kier molecular flexibility index (Phi) is 3.44. The molecule has 0 fully saturated rings. The lowest BCUT2D eigenvalue weighted by atomic mass is 10.0. The summed E-state index contributed by atoms with van der Waals surface area (Å²) < 4.78 is 12.6. The quantitative estimate of drug-likeness (QED) is 0.853. The molecule has 5 heteroatoms. The van der Waals surface area contributed by atoms with Crippen molar-refractivity contribution in [3.8, 4) is 11.8 Å². The van der Waals surface area contributed by atoms with Gasteiger partial charge in [0, 0.05) is 5.56 Å². The van der Waals surface area contributed by atoms with Crippen LogP contribution in [0.5, 0.6) is 5.75 Å². The number of phenolic OH excluding ortho intramolecular Hbond substituents is 1. The number of phenols is 1. The van der Waals surface area contributed by atoms with E-state index < -0.39 is 12.7 Å². The zero-order valence-electron chi connectivity index (χ0n) is 7.17. The molecule has 0 heterocycles. The number of hydrogen-bond donors (Lipinski definition) is 2. The Bertz CT molecular complexity index is 389. The van der Waals surface area contributed by atoms with Gasteiger partial charge in [-0.15, -0.1) is 0 Å². The van der Waals surface area contributed by atoms with Crippen molar-refractivity contribution in [1.82, 2.24) is 0 Å². The van der Waals surface area contributed by atoms with Gasteiger partial charge in [0.25, 0.3) is 0 Å². The summed E-state index contributed by atoms with van der Waals surface area (Å²) in [6.45, 7) is -0.783. The number of alkyl halides is 1. The molecule has 3 nitrogen and oxygen atoms in total. The van der Waals surface area contributed by atoms with Crippen molar-refractivity contribution in [1.29, 1.82) is 5.26 Å². The Morgan fingerprint density at radius 1 is 1.64 bits per heavy atom. The van der Waals surface area contributed by atoms with Crippen LogP contribution in [0.2, 0.25) is 0 Å². The molecule has 1 atom stereocenters. The van der Waals surface area contributed by atoms with E-state index in [0.29, 0.717) is 10.0 Å². The summed E-state index contributed by atoms with van der Waals surface area (Å²) in [5, 5.41) is 18.2. The zero-order chi connectivity index (χ0) is 10.7. The van der Waals surface area contributed by atoms with E-state index in [1.807, 2.05) is 6.07 Å². The number of nitrogens with zero attached hydrogens (tertiary/aromatic N) is 1. The highest BCUT2D eigenvalue weighted by Gasteiger charge is 2.14. The highest BCUT2D eigenvalue weighted by Crippen LogP contribution is 2.32. The molecule has 0 spiro atoms. The molecule has 0 aliphatic rings. The molecule has 0 radical (unpaired) electrons. The molecular formula is C9H8BrFN2O. The number of halogens is 2. The molecule has 74 valence electrons. The van der Waals surface area contributed by atoms with Gasteiger partial charge in [-0.05, 0) is 28.1 Å². The van der Waals surface area contributed by atoms with Crippen LogP contribution in [0.4, 0.5) is 4.39 Å². The predicted molar refractivity (Wildman–Crippen MR) is 53.4 cm³/mol. The van der Waals surface area contributed by atoms with Crippen molar-refractivity contribution in [2.75, 3.05) is 6.67 Å². The maximum Gasteiger partial charge on any atom is 0.134 e. The van der Waals surface area contributed by atoms with Crippen LogP contribution in [0.25, 0.3) is 0 Å². The Labute approximate surface area is 89.1 Å². The van der Waals surface area contributed by atoms with E-state index in [0.717, 1.165) is 0 Å². The van der Waals surface area contributed by atoms with Crippen molar-refractivity contribution >= 4 is 15.9 Å². The number of nitrogens with two attached hydrogens (primary N) is 1. The van der Waals surface area contributed by atoms with Gasteiger partial charge in [0.2, 0.25) is 0 Å². The lowest BCUT2D eigenvalue weighted by Gasteiger charge is -2.11. The van der Waals surface area contributed by atoms with Gasteiger partial charge in [-0.25, -0.2) is 4.39 Å². The molecule has 0 aromatic heterocycles. The molecule has 14 heavy (non-hydrogen) atoms. The van der Waals surface area contributed by atoms with Crippen LogP contribution in [-0.2, 0) is 0 Å². The number of nitriles is 1. The van der Waals surface area contributed by atoms with Crippen LogP contribution in [0.1, 0.15) is 17.2 Å². The third-order valence-electron chi connectivity index (χ3n) is 1.79. The first-order valence-electron chi connectivity index (χ1n) is 3.84. The summed E-state index contributed by atoms with van der Waals surface area (Å²) in [7, 11) is 0. The van der Waals surface area contributed by atoms with Gasteiger partial charge in [-0.2, -0.15) is 5.26 Å². The second-order valence-electron chi connectivity index (χ2n) is 2.77. The van der Waals surface area contributed by atoms with Crippen LogP contribution in [0.15, 0.2) is 16.6 Å². The Balaban J connectivity index is 3.28. The van der Waals surface area contributed by atoms with E-state index >= 15 is 0 Å². The molecule has 0 unspecified atom stereocenters. The lowest BCUT2D eigenvalue weighted by Crippen LogP contribution is -2.12. The van der Waals surface area contributed by atoms with Gasteiger partial charge in [0.05, 0.1) is 22.1 Å². The van der Waals surface area contributed by atoms with Crippen LogP contribution < -0.4 is 5.73 Å². The van der Waals surface area contributed by atoms with Crippen LogP contribution in [0, 0.1) is 11.3 Å². The Morgan fingerprint density at radius 2 is 2.29 bits per heavy atom. The Morgan fingerprint density at radius 3 is 2.79 bits per heavy atom. The second kappa shape index (κ2) is 4.40. The molecule has 0 aliphatic heterocycles. The summed E-state index contributed by atoms with van der Waals surface area (Å²) in [5.74, 6) is -0.117. The van der Waals surface area contributed by atoms with Crippen LogP contribution in [-0.4, -0.2) is 11.8 Å². The van der Waals surface area contributed by atoms with E-state index in [9.17, 15) is 9.50 Å². The SMILES string of the molecule is N#Cc1cc(Br)c(O)c([C@@H](N)CF)c1. The summed E-state index contributed by atoms with van der Waals surface area (Å²) in [6, 6.07) is 3.82. The third-order valence-corrected chi connectivity index (χ3v) is 2.39. The standard InChI is InChI=1S/C9H8BrFN2O/c10-7-2-5(4-12)1-6(9(7)14)8(13)3-11/h1-2,8,14H,3,13H2/t8-/m0/s1. The van der Waals surface area contributed by atoms with Gasteiger partial charge < -0.3 is 10.8 Å². The number of aromatic hydroxyl groups is 1. The van der Waals surface area contributed by atoms with E-state index in [2.05, 4.69) is 15.9 Å². The fraction of sp³-hybridized carbons (Fsp3) is 0.222. The average Bonchev–Trinajstić information content (AvgIpc) is 2.20. The molecule has 0 aliphatic carbocycles. The summed E-state index contributed by atoms with van der Waals surface area (Å²) in [5.41, 5.74) is 5.98. The van der Waals surface area contributed by atoms with Gasteiger partial charge in [-0.1, -0.05) is 0 Å². The third kappa shape index (κ3) is 2.03. The highest BCUT2D eigenvalue weighted by atomic mass is 79.9. The number of benzene rings is 1. The fourth-order valence-corrected chi connectivity index (χ4v) is 1.53. The van der Waals surface area contributed by atoms with Crippen molar-refractivity contribution < 1.29 is 9.50 Å². The molecule has 1 rings (SSSR count). The first-order chi connectivity index (χ1) is 6.60. The monoisotopic (exact) mass is 258 g/mol. The minimum absolute atomic E-state index is 0.117. The molecule has 0 saturated carbocycles. The minimum atomic E-state index is -0.903. The lowest BCUT2D eigenvalue weighted by molar-refractivity contribution is 0.413. The van der Waals surface area contributed by atoms with Gasteiger partial charge in [-0.3, -0.25) is 0 Å². The maximum absolute atomic E-state index is 12.3. The predicted octanol–water partition coefficient (Wildman–Crippen LogP) is 2.00. The molecule has 0 saturated heterocycles. The molecule has 0 amide bonds. The molecule has 0 bridgehead atoms. The van der Waals surface area contributed by atoms with Crippen molar-refractivity contribution in [2.45, 2.75) is 6.04 Å². The van der Waals surface area contributed by atoms with E-state index in [1.54, 1.807) is 0 Å². The van der Waals surface area contributed by atoms with E-state index in [-0.39, 0.29) is 11.3 Å². The van der Waals surface area contributed by atoms with Gasteiger partial charge in [0.1, 0.15) is 12.4 Å². The van der Waals surface area contributed by atoms with E-state index in [4.69, 9.17) is 11.0 Å². The summed E-state index contributed by atoms with van der Waals surface area (Å²) >= 11 is 3.06. The second-order valence-corrected chi connectivity index (χ2v) is 3.62. The highest BCUT2D eigenvalue weighted by molar-refractivity contribution is 9.10. The first kappa shape index (κ1) is 11.0. The van der Waals surface area contributed by atoms with Crippen LogP contribution in [0.3, 0.4) is 0 Å². The zero-order valence-corrected chi connectivity index (χ0v) is 8.75. The van der Waals surface area contributed by atoms with E-state index in [1.165, 1.54) is 12.1 Å². The summed E-state index contributed by atoms with van der Waals surface area (Å²) in [6.07, 6.45) is 0. The smallest absolute Gasteiger partial charge is 0.134 e. The van der Waals surface area contributed by atoms with Crippen molar-refractivity contribution in [2.24, 2.45) is 5.73 Å². The molecule has 1 aromatic carbocycles. The van der Waals surface area contributed by atoms with Crippen LogP contribution >= 0.6 is 15.9 Å². The Hall–Kier alpha value is -1.12. The average molecular weight is 259 g/mol. The number of hydrogen-bond acceptors (Lipinski definition) is 3. The largest absolute Gasteiger partial charge is 0.506 e. The maximum atomic E-state index is 12.3. The first-order valence-corrected chi connectivity index (χ1v) is 4.63. The topological polar surface area (TPSA) is 70.0 Å². The van der Waals surface area contributed by atoms with Gasteiger partial charge in [0.15, 0.2) is 0 Å². The minimum Gasteiger partial charge on any atom is -0.506 e. The fourth-order valence-electron chi connectivity index (χ4n) is 1.05. The molecule has 1 aromatic rings. The number of rotatable bonds is 2. The summed E-state index contributed by atoms with van der Waals surface area (Å²) in [4.78, 5) is 0. The normalized spacial score (nSPS) is 12.1.